The standard InChI is InChI=1S/C21H23FN2O2/c1-15-5-2-3-6-16(15)7-4-8-19(25)24-14-13-23-21(26)20(24)17-9-11-18(22)12-10-17/h2-3,5-6,9-12,20H,4,7-8,13-14H2,1H3,(H,23,26). The van der Waals surface area contributed by atoms with Crippen LogP contribution in [0.3, 0.4) is 0 Å². The second-order valence-electron chi connectivity index (χ2n) is 6.61. The molecule has 1 saturated heterocycles. The zero-order chi connectivity index (χ0) is 18.5. The lowest BCUT2D eigenvalue weighted by Crippen LogP contribution is -2.52. The molecule has 1 heterocycles. The summed E-state index contributed by atoms with van der Waals surface area (Å²) in [5, 5.41) is 2.79. The SMILES string of the molecule is Cc1ccccc1CCCC(=O)N1CCNC(=O)C1c1ccc(F)cc1. The third kappa shape index (κ3) is 4.10. The number of nitrogens with one attached hydrogen (secondary N) is 1. The van der Waals surface area contributed by atoms with Crippen molar-refractivity contribution in [3.8, 4) is 0 Å². The average Bonchev–Trinajstić information content (AvgIpc) is 2.64. The summed E-state index contributed by atoms with van der Waals surface area (Å²) in [7, 11) is 0. The molecule has 26 heavy (non-hydrogen) atoms. The number of nitrogens with zero attached hydrogens (tertiary/aromatic N) is 1. The van der Waals surface area contributed by atoms with Crippen molar-refractivity contribution in [3.63, 3.8) is 0 Å². The molecule has 2 aromatic rings. The van der Waals surface area contributed by atoms with E-state index in [0.29, 0.717) is 25.1 Å². The Labute approximate surface area is 153 Å². The van der Waals surface area contributed by atoms with Crippen molar-refractivity contribution in [2.24, 2.45) is 0 Å². The maximum absolute atomic E-state index is 13.2. The second-order valence-corrected chi connectivity index (χ2v) is 6.61. The largest absolute Gasteiger partial charge is 0.352 e. The number of amides is 2. The lowest BCUT2D eigenvalue weighted by atomic mass is 10.00. The molecular weight excluding hydrogens is 331 g/mol. The van der Waals surface area contributed by atoms with Crippen molar-refractivity contribution in [1.29, 1.82) is 0 Å². The van der Waals surface area contributed by atoms with Gasteiger partial charge in [0.2, 0.25) is 11.8 Å². The van der Waals surface area contributed by atoms with E-state index in [-0.39, 0.29) is 17.6 Å². The fourth-order valence-corrected chi connectivity index (χ4v) is 3.38. The molecule has 1 aliphatic rings. The van der Waals surface area contributed by atoms with E-state index in [2.05, 4.69) is 24.4 Å². The predicted molar refractivity (Wildman–Crippen MR) is 98.0 cm³/mol. The van der Waals surface area contributed by atoms with Gasteiger partial charge in [-0.2, -0.15) is 0 Å². The summed E-state index contributed by atoms with van der Waals surface area (Å²) >= 11 is 0. The van der Waals surface area contributed by atoms with Crippen LogP contribution in [0.25, 0.3) is 0 Å². The first kappa shape index (κ1) is 18.1. The van der Waals surface area contributed by atoms with Crippen molar-refractivity contribution in [3.05, 3.63) is 71.0 Å². The predicted octanol–water partition coefficient (Wildman–Crippen LogP) is 3.16. The van der Waals surface area contributed by atoms with Crippen LogP contribution in [-0.2, 0) is 16.0 Å². The molecule has 1 aliphatic heterocycles. The van der Waals surface area contributed by atoms with Gasteiger partial charge >= 0.3 is 0 Å². The van der Waals surface area contributed by atoms with E-state index in [9.17, 15) is 14.0 Å². The Morgan fingerprint density at radius 2 is 1.92 bits per heavy atom. The third-order valence-electron chi connectivity index (χ3n) is 4.82. The number of hydrogen-bond acceptors (Lipinski definition) is 2. The topological polar surface area (TPSA) is 49.4 Å². The first-order valence-electron chi connectivity index (χ1n) is 8.93. The van der Waals surface area contributed by atoms with Crippen LogP contribution in [0.1, 0.15) is 35.6 Å². The van der Waals surface area contributed by atoms with E-state index < -0.39 is 6.04 Å². The molecule has 0 bridgehead atoms. The second kappa shape index (κ2) is 8.13. The number of piperazine rings is 1. The Kier molecular flexibility index (Phi) is 5.66. The summed E-state index contributed by atoms with van der Waals surface area (Å²) < 4.78 is 13.2. The molecule has 4 nitrogen and oxygen atoms in total. The van der Waals surface area contributed by atoms with Crippen LogP contribution in [0.2, 0.25) is 0 Å². The van der Waals surface area contributed by atoms with Crippen LogP contribution in [-0.4, -0.2) is 29.8 Å². The van der Waals surface area contributed by atoms with Crippen molar-refractivity contribution < 1.29 is 14.0 Å². The van der Waals surface area contributed by atoms with E-state index in [1.54, 1.807) is 17.0 Å². The maximum atomic E-state index is 13.2. The summed E-state index contributed by atoms with van der Waals surface area (Å²) in [5.74, 6) is -0.612. The Hall–Kier alpha value is -2.69. The van der Waals surface area contributed by atoms with E-state index in [0.717, 1.165) is 12.8 Å². The van der Waals surface area contributed by atoms with Gasteiger partial charge in [-0.1, -0.05) is 36.4 Å². The van der Waals surface area contributed by atoms with Crippen LogP contribution >= 0.6 is 0 Å². The summed E-state index contributed by atoms with van der Waals surface area (Å²) in [4.78, 5) is 26.7. The molecule has 0 saturated carbocycles. The maximum Gasteiger partial charge on any atom is 0.247 e. The van der Waals surface area contributed by atoms with Crippen LogP contribution in [0.4, 0.5) is 4.39 Å². The lowest BCUT2D eigenvalue weighted by Gasteiger charge is -2.35. The van der Waals surface area contributed by atoms with Gasteiger partial charge in [-0.05, 0) is 48.6 Å². The van der Waals surface area contributed by atoms with Crippen molar-refractivity contribution in [2.75, 3.05) is 13.1 Å². The molecule has 3 rings (SSSR count). The highest BCUT2D eigenvalue weighted by molar-refractivity contribution is 5.89. The zero-order valence-corrected chi connectivity index (χ0v) is 14.9. The molecule has 136 valence electrons. The highest BCUT2D eigenvalue weighted by Crippen LogP contribution is 2.25. The fraction of sp³-hybridized carbons (Fsp3) is 0.333. The van der Waals surface area contributed by atoms with Gasteiger partial charge in [0.1, 0.15) is 11.9 Å². The molecule has 5 heteroatoms. The number of benzene rings is 2. The molecule has 0 aromatic heterocycles. The molecule has 1 atom stereocenters. The van der Waals surface area contributed by atoms with Crippen molar-refractivity contribution in [1.82, 2.24) is 10.2 Å². The molecule has 1 unspecified atom stereocenters. The molecule has 2 aromatic carbocycles. The lowest BCUT2D eigenvalue weighted by molar-refractivity contribution is -0.143. The summed E-state index contributed by atoms with van der Waals surface area (Å²) in [5.41, 5.74) is 3.10. The molecule has 0 aliphatic carbocycles. The monoisotopic (exact) mass is 354 g/mol. The first-order valence-corrected chi connectivity index (χ1v) is 8.93. The van der Waals surface area contributed by atoms with E-state index in [4.69, 9.17) is 0 Å². The number of rotatable bonds is 5. The van der Waals surface area contributed by atoms with Gasteiger partial charge in [0, 0.05) is 19.5 Å². The van der Waals surface area contributed by atoms with Gasteiger partial charge in [-0.3, -0.25) is 9.59 Å². The average molecular weight is 354 g/mol. The van der Waals surface area contributed by atoms with Crippen LogP contribution < -0.4 is 5.32 Å². The third-order valence-corrected chi connectivity index (χ3v) is 4.82. The number of aryl methyl sites for hydroxylation is 2. The normalized spacial score (nSPS) is 17.1. The quantitative estimate of drug-likeness (QED) is 0.897. The Morgan fingerprint density at radius 1 is 1.19 bits per heavy atom. The molecular formula is C21H23FN2O2. The summed E-state index contributed by atoms with van der Waals surface area (Å²) in [6.07, 6.45) is 1.96. The number of hydrogen-bond donors (Lipinski definition) is 1. The Balaban J connectivity index is 1.67. The molecule has 1 fully saturated rings. The molecule has 0 radical (unpaired) electrons. The molecule has 0 spiro atoms. The van der Waals surface area contributed by atoms with E-state index in [1.807, 2.05) is 12.1 Å². The Bertz CT molecular complexity index is 789. The van der Waals surface area contributed by atoms with Crippen molar-refractivity contribution in [2.45, 2.75) is 32.2 Å². The van der Waals surface area contributed by atoms with Gasteiger partial charge in [0.05, 0.1) is 0 Å². The summed E-state index contributed by atoms with van der Waals surface area (Å²) in [6, 6.07) is 13.2. The van der Waals surface area contributed by atoms with E-state index >= 15 is 0 Å². The summed E-state index contributed by atoms with van der Waals surface area (Å²) in [6.45, 7) is 2.98. The highest BCUT2D eigenvalue weighted by Gasteiger charge is 2.33. The van der Waals surface area contributed by atoms with Crippen LogP contribution in [0.5, 0.6) is 0 Å². The van der Waals surface area contributed by atoms with Crippen molar-refractivity contribution >= 4 is 11.8 Å². The molecule has 1 N–H and O–H groups in total. The van der Waals surface area contributed by atoms with E-state index in [1.165, 1.54) is 23.3 Å². The fourth-order valence-electron chi connectivity index (χ4n) is 3.38. The number of carbonyl (C=O) groups is 2. The minimum Gasteiger partial charge on any atom is -0.352 e. The zero-order valence-electron chi connectivity index (χ0n) is 14.9. The van der Waals surface area contributed by atoms with Gasteiger partial charge in [-0.25, -0.2) is 4.39 Å². The van der Waals surface area contributed by atoms with Crippen LogP contribution in [0, 0.1) is 12.7 Å². The number of halogens is 1. The minimum absolute atomic E-state index is 0.0391. The van der Waals surface area contributed by atoms with Gasteiger partial charge < -0.3 is 10.2 Å². The van der Waals surface area contributed by atoms with Gasteiger partial charge in [0.15, 0.2) is 0 Å². The molecule has 2 amide bonds. The van der Waals surface area contributed by atoms with Crippen LogP contribution in [0.15, 0.2) is 48.5 Å². The first-order chi connectivity index (χ1) is 12.6. The van der Waals surface area contributed by atoms with Gasteiger partial charge in [-0.15, -0.1) is 0 Å². The van der Waals surface area contributed by atoms with Gasteiger partial charge in [0.25, 0.3) is 0 Å². The smallest absolute Gasteiger partial charge is 0.247 e. The Morgan fingerprint density at radius 3 is 2.65 bits per heavy atom. The number of carbonyl (C=O) groups excluding carboxylic acids is 2. The minimum atomic E-state index is -0.685. The highest BCUT2D eigenvalue weighted by atomic mass is 19.1.